The van der Waals surface area contributed by atoms with E-state index in [9.17, 15) is 42.0 Å². The highest BCUT2D eigenvalue weighted by Crippen LogP contribution is 2.51. The first kappa shape index (κ1) is 37.0. The standard InChI is InChI=1S/C31H38N4O13S2/c1-30(2)23(35-26(40)22(27(35)49-30)33-25(39)21(32)16-9-6-5-7-10-16)28(41)47-14-45-19(37)11-8-12-20(38)46-15-48-29(42)24-31(3,4)50(43,44)18-13-17(36)34(18)24/h5-7,9-10,18,21-24,27H,8,11-15,32H2,1-4H3,(H,33,39)/t18-,21?,22-,23+,24+,27-/m1/s1. The molecule has 0 saturated carbocycles. The fourth-order valence-electron chi connectivity index (χ4n) is 6.38. The molecular formula is C31H38N4O13S2. The summed E-state index contributed by atoms with van der Waals surface area (Å²) < 4.78 is 42.7. The van der Waals surface area contributed by atoms with Crippen LogP contribution in [0.2, 0.25) is 0 Å². The van der Waals surface area contributed by atoms with Crippen LogP contribution < -0.4 is 11.1 Å². The monoisotopic (exact) mass is 738 g/mol. The third-order valence-electron chi connectivity index (χ3n) is 9.21. The van der Waals surface area contributed by atoms with Gasteiger partial charge in [0.1, 0.15) is 34.9 Å². The lowest BCUT2D eigenvalue weighted by Gasteiger charge is -2.44. The average Bonchev–Trinajstić information content (AvgIpc) is 3.38. The minimum atomic E-state index is -3.80. The first-order chi connectivity index (χ1) is 23.4. The highest BCUT2D eigenvalue weighted by atomic mass is 32.2. The fourth-order valence-corrected chi connectivity index (χ4v) is 10.1. The summed E-state index contributed by atoms with van der Waals surface area (Å²) in [5.41, 5.74) is 6.63. The van der Waals surface area contributed by atoms with Crippen molar-refractivity contribution in [3.05, 3.63) is 35.9 Å². The van der Waals surface area contributed by atoms with Crippen LogP contribution in [0.1, 0.15) is 65.0 Å². The molecule has 0 bridgehead atoms. The normalized spacial score (nSPS) is 27.1. The van der Waals surface area contributed by atoms with E-state index in [1.807, 2.05) is 0 Å². The van der Waals surface area contributed by atoms with Crippen molar-refractivity contribution in [1.82, 2.24) is 15.1 Å². The number of benzene rings is 1. The number of ether oxygens (including phenoxy) is 4. The Morgan fingerprint density at radius 2 is 1.46 bits per heavy atom. The first-order valence-electron chi connectivity index (χ1n) is 15.7. The molecule has 4 aliphatic rings. The molecular weight excluding hydrogens is 700 g/mol. The highest BCUT2D eigenvalue weighted by Gasteiger charge is 2.68. The summed E-state index contributed by atoms with van der Waals surface area (Å²) in [6.45, 7) is 4.59. The minimum absolute atomic E-state index is 0.0191. The van der Waals surface area contributed by atoms with Crippen LogP contribution in [0, 0.1) is 0 Å². The van der Waals surface area contributed by atoms with Gasteiger partial charge in [-0.05, 0) is 39.7 Å². The molecule has 17 nitrogen and oxygen atoms in total. The van der Waals surface area contributed by atoms with Gasteiger partial charge in [-0.15, -0.1) is 11.8 Å². The van der Waals surface area contributed by atoms with E-state index in [0.29, 0.717) is 5.56 Å². The maximum Gasteiger partial charge on any atom is 0.333 e. The van der Waals surface area contributed by atoms with Crippen molar-refractivity contribution in [3.8, 4) is 0 Å². The Bertz CT molecular complexity index is 1700. The number of nitrogens with one attached hydrogen (secondary N) is 1. The zero-order valence-electron chi connectivity index (χ0n) is 27.7. The van der Waals surface area contributed by atoms with Gasteiger partial charge in [0.2, 0.25) is 31.3 Å². The zero-order chi connectivity index (χ0) is 36.8. The molecule has 5 rings (SSSR count). The predicted octanol–water partition coefficient (Wildman–Crippen LogP) is -0.374. The van der Waals surface area contributed by atoms with Gasteiger partial charge in [0.25, 0.3) is 0 Å². The molecule has 1 aromatic rings. The van der Waals surface area contributed by atoms with Crippen LogP contribution in [0.25, 0.3) is 0 Å². The van der Waals surface area contributed by atoms with Gasteiger partial charge in [0.15, 0.2) is 9.84 Å². The van der Waals surface area contributed by atoms with Crippen LogP contribution in [-0.2, 0) is 62.3 Å². The molecule has 6 atom stereocenters. The number of carbonyl (C=O) groups is 7. The summed E-state index contributed by atoms with van der Waals surface area (Å²) in [5.74, 6) is -4.93. The molecule has 4 saturated heterocycles. The zero-order valence-corrected chi connectivity index (χ0v) is 29.3. The fraction of sp³-hybridized carbons (Fsp3) is 0.581. The van der Waals surface area contributed by atoms with Crippen molar-refractivity contribution in [1.29, 1.82) is 0 Å². The third kappa shape index (κ3) is 6.64. The number of rotatable bonds is 13. The predicted molar refractivity (Wildman–Crippen MR) is 171 cm³/mol. The number of nitrogens with zero attached hydrogens (tertiary/aromatic N) is 2. The van der Waals surface area contributed by atoms with Gasteiger partial charge in [0, 0.05) is 17.6 Å². The van der Waals surface area contributed by atoms with Gasteiger partial charge in [-0.2, -0.15) is 0 Å². The number of β-lactam (4-membered cyclic amide) rings is 2. The lowest BCUT2D eigenvalue weighted by molar-refractivity contribution is -0.176. The Kier molecular flexibility index (Phi) is 10.2. The number of sulfone groups is 1. The number of fused-ring (bicyclic) bond motifs is 2. The van der Waals surface area contributed by atoms with E-state index in [1.165, 1.54) is 30.5 Å². The Hall–Kier alpha value is -4.23. The van der Waals surface area contributed by atoms with Gasteiger partial charge < -0.3 is 39.8 Å². The van der Waals surface area contributed by atoms with E-state index in [4.69, 9.17) is 24.7 Å². The Balaban J connectivity index is 0.988. The largest absolute Gasteiger partial charge is 0.428 e. The van der Waals surface area contributed by atoms with Gasteiger partial charge in [-0.25, -0.2) is 18.0 Å². The number of hydrogen-bond acceptors (Lipinski definition) is 15. The number of carbonyl (C=O) groups excluding carboxylic acids is 7. The third-order valence-corrected chi connectivity index (χ3v) is 13.6. The number of amides is 3. The molecule has 19 heteroatoms. The maximum absolute atomic E-state index is 13.0. The molecule has 4 heterocycles. The Morgan fingerprint density at radius 1 is 0.900 bits per heavy atom. The smallest absolute Gasteiger partial charge is 0.333 e. The second-order valence-corrected chi connectivity index (χ2v) is 17.7. The van der Waals surface area contributed by atoms with E-state index in [0.717, 1.165) is 4.90 Å². The summed E-state index contributed by atoms with van der Waals surface area (Å²) in [5, 5.41) is 1.06. The second kappa shape index (κ2) is 13.8. The maximum atomic E-state index is 13.0. The molecule has 3 N–H and O–H groups in total. The Labute approximate surface area is 291 Å². The van der Waals surface area contributed by atoms with Gasteiger partial charge in [-0.1, -0.05) is 30.3 Å². The molecule has 0 aliphatic carbocycles. The van der Waals surface area contributed by atoms with E-state index in [1.54, 1.807) is 44.2 Å². The number of esters is 4. The average molecular weight is 739 g/mol. The highest BCUT2D eigenvalue weighted by molar-refractivity contribution is 8.01. The number of hydrogen-bond donors (Lipinski definition) is 2. The van der Waals surface area contributed by atoms with E-state index in [2.05, 4.69) is 5.32 Å². The van der Waals surface area contributed by atoms with Gasteiger partial charge in [0.05, 0.1) is 11.2 Å². The van der Waals surface area contributed by atoms with Crippen molar-refractivity contribution in [2.24, 2.45) is 5.73 Å². The van der Waals surface area contributed by atoms with Crippen LogP contribution in [0.3, 0.4) is 0 Å². The quantitative estimate of drug-likeness (QED) is 0.149. The molecule has 3 amide bonds. The van der Waals surface area contributed by atoms with Crippen molar-refractivity contribution in [2.45, 2.75) is 97.8 Å². The second-order valence-electron chi connectivity index (χ2n) is 13.2. The molecule has 1 unspecified atom stereocenters. The van der Waals surface area contributed by atoms with Crippen LogP contribution >= 0.6 is 11.8 Å². The van der Waals surface area contributed by atoms with Crippen molar-refractivity contribution < 1.29 is 60.9 Å². The van der Waals surface area contributed by atoms with E-state index in [-0.39, 0.29) is 25.7 Å². The summed E-state index contributed by atoms with van der Waals surface area (Å²) in [6, 6.07) is 4.42. The molecule has 1 aromatic carbocycles. The molecule has 4 aliphatic heterocycles. The summed E-state index contributed by atoms with van der Waals surface area (Å²) in [6.07, 6.45) is -0.734. The van der Waals surface area contributed by atoms with Gasteiger partial charge in [-0.3, -0.25) is 24.0 Å². The minimum Gasteiger partial charge on any atom is -0.428 e. The van der Waals surface area contributed by atoms with E-state index >= 15 is 0 Å². The molecule has 4 fully saturated rings. The molecule has 272 valence electrons. The molecule has 0 radical (unpaired) electrons. The first-order valence-corrected chi connectivity index (χ1v) is 18.1. The van der Waals surface area contributed by atoms with Crippen molar-refractivity contribution in [2.75, 3.05) is 13.6 Å². The Morgan fingerprint density at radius 3 is 2.02 bits per heavy atom. The van der Waals surface area contributed by atoms with Crippen molar-refractivity contribution >= 4 is 63.2 Å². The molecule has 0 aromatic heterocycles. The van der Waals surface area contributed by atoms with Crippen LogP contribution in [0.15, 0.2) is 30.3 Å². The summed E-state index contributed by atoms with van der Waals surface area (Å²) in [4.78, 5) is 89.8. The lowest BCUT2D eigenvalue weighted by Crippen LogP contribution is -2.71. The van der Waals surface area contributed by atoms with Crippen LogP contribution in [0.4, 0.5) is 0 Å². The molecule has 50 heavy (non-hydrogen) atoms. The summed E-state index contributed by atoms with van der Waals surface area (Å²) in [7, 11) is -3.80. The van der Waals surface area contributed by atoms with Crippen LogP contribution in [-0.4, -0.2) is 112 Å². The number of nitrogens with two attached hydrogens (primary N) is 1. The van der Waals surface area contributed by atoms with E-state index < -0.39 is 109 Å². The molecule has 0 spiro atoms. The van der Waals surface area contributed by atoms with Gasteiger partial charge >= 0.3 is 23.9 Å². The summed E-state index contributed by atoms with van der Waals surface area (Å²) >= 11 is 1.31. The lowest BCUT2D eigenvalue weighted by atomic mass is 9.95. The van der Waals surface area contributed by atoms with Crippen molar-refractivity contribution in [3.63, 3.8) is 0 Å². The number of thioether (sulfide) groups is 1. The van der Waals surface area contributed by atoms with Crippen LogP contribution in [0.5, 0.6) is 0 Å². The SMILES string of the molecule is CC1(C)S[C@@H]2[C@H](NC(=O)C(N)c3ccccc3)C(=O)N2[C@H]1C(=O)OCOC(=O)CCCC(=O)OCOC(=O)[C@@H]1N2C(=O)C[C@H]2S(=O)(=O)C1(C)C. The topological polar surface area (TPSA) is 235 Å².